The first-order valence-corrected chi connectivity index (χ1v) is 7.19. The van der Waals surface area contributed by atoms with E-state index in [-0.39, 0.29) is 5.75 Å². The van der Waals surface area contributed by atoms with E-state index >= 15 is 0 Å². The number of ether oxygens (including phenoxy) is 2. The summed E-state index contributed by atoms with van der Waals surface area (Å²) in [5, 5.41) is 9.40. The van der Waals surface area contributed by atoms with Crippen molar-refractivity contribution in [1.29, 1.82) is 0 Å². The molecule has 0 radical (unpaired) electrons. The molecule has 0 amide bonds. The summed E-state index contributed by atoms with van der Waals surface area (Å²) in [7, 11) is 3.18. The van der Waals surface area contributed by atoms with Gasteiger partial charge in [0.05, 0.1) is 20.0 Å². The number of imidazole rings is 1. The van der Waals surface area contributed by atoms with Gasteiger partial charge in [-0.05, 0) is 17.7 Å². The summed E-state index contributed by atoms with van der Waals surface area (Å²) in [6.45, 7) is 0.586. The third-order valence-electron chi connectivity index (χ3n) is 2.80. The Balaban J connectivity index is 2.15. The number of aromatic nitrogens is 2. The van der Waals surface area contributed by atoms with Gasteiger partial charge in [-0.15, -0.1) is 0 Å². The second-order valence-electron chi connectivity index (χ2n) is 4.21. The van der Waals surface area contributed by atoms with Gasteiger partial charge in [0.1, 0.15) is 0 Å². The van der Waals surface area contributed by atoms with Crippen LogP contribution in [-0.2, 0) is 11.3 Å². The first-order chi connectivity index (χ1) is 10.1. The van der Waals surface area contributed by atoms with E-state index in [1.165, 1.54) is 11.8 Å². The van der Waals surface area contributed by atoms with Crippen molar-refractivity contribution in [1.82, 2.24) is 9.55 Å². The van der Waals surface area contributed by atoms with Crippen LogP contribution in [0.25, 0.3) is 0 Å². The molecule has 0 fully saturated rings. The summed E-state index contributed by atoms with van der Waals surface area (Å²) in [5.41, 5.74) is 1.02. The molecule has 0 saturated carbocycles. The molecule has 21 heavy (non-hydrogen) atoms. The highest BCUT2D eigenvalue weighted by Gasteiger charge is 2.09. The lowest BCUT2D eigenvalue weighted by Crippen LogP contribution is -2.04. The number of methoxy groups -OCH3 is 2. The Morgan fingerprint density at radius 3 is 2.76 bits per heavy atom. The zero-order valence-corrected chi connectivity index (χ0v) is 12.6. The average molecular weight is 308 g/mol. The fraction of sp³-hybridized carbons (Fsp3) is 0.286. The van der Waals surface area contributed by atoms with Crippen molar-refractivity contribution in [3.05, 3.63) is 36.2 Å². The third-order valence-corrected chi connectivity index (χ3v) is 3.79. The van der Waals surface area contributed by atoms with E-state index in [1.807, 2.05) is 29.0 Å². The summed E-state index contributed by atoms with van der Waals surface area (Å²) in [5.74, 6) is 0.464. The van der Waals surface area contributed by atoms with Crippen molar-refractivity contribution in [2.45, 2.75) is 11.7 Å². The average Bonchev–Trinajstić information content (AvgIpc) is 2.92. The molecule has 2 rings (SSSR count). The van der Waals surface area contributed by atoms with Gasteiger partial charge < -0.3 is 19.1 Å². The van der Waals surface area contributed by atoms with Crippen molar-refractivity contribution in [2.24, 2.45) is 0 Å². The molecule has 1 heterocycles. The number of aliphatic carboxylic acids is 1. The van der Waals surface area contributed by atoms with Gasteiger partial charge in [0, 0.05) is 18.9 Å². The fourth-order valence-electron chi connectivity index (χ4n) is 1.86. The number of rotatable bonds is 7. The lowest BCUT2D eigenvalue weighted by atomic mass is 10.2. The first kappa shape index (κ1) is 15.2. The molecular formula is C14H16N2O4S. The Bertz CT molecular complexity index is 627. The minimum atomic E-state index is -0.860. The zero-order chi connectivity index (χ0) is 15.2. The van der Waals surface area contributed by atoms with Crippen LogP contribution in [0.3, 0.4) is 0 Å². The Labute approximate surface area is 126 Å². The number of carboxylic acids is 1. The summed E-state index contributed by atoms with van der Waals surface area (Å²) >= 11 is 1.20. The lowest BCUT2D eigenvalue weighted by Gasteiger charge is -2.11. The van der Waals surface area contributed by atoms with Crippen LogP contribution in [0, 0.1) is 0 Å². The quantitative estimate of drug-likeness (QED) is 0.790. The number of benzene rings is 1. The van der Waals surface area contributed by atoms with Crippen molar-refractivity contribution in [3.63, 3.8) is 0 Å². The second kappa shape index (κ2) is 7.03. The van der Waals surface area contributed by atoms with Crippen LogP contribution in [0.1, 0.15) is 5.56 Å². The summed E-state index contributed by atoms with van der Waals surface area (Å²) in [6.07, 6.45) is 3.48. The lowest BCUT2D eigenvalue weighted by molar-refractivity contribution is -0.133. The highest BCUT2D eigenvalue weighted by molar-refractivity contribution is 7.99. The van der Waals surface area contributed by atoms with Crippen LogP contribution in [-0.4, -0.2) is 40.6 Å². The topological polar surface area (TPSA) is 73.6 Å². The maximum absolute atomic E-state index is 10.6. The first-order valence-electron chi connectivity index (χ1n) is 6.20. The van der Waals surface area contributed by atoms with Crippen molar-refractivity contribution < 1.29 is 19.4 Å². The van der Waals surface area contributed by atoms with Crippen molar-refractivity contribution in [3.8, 4) is 11.5 Å². The van der Waals surface area contributed by atoms with E-state index < -0.39 is 5.97 Å². The van der Waals surface area contributed by atoms with E-state index in [0.29, 0.717) is 23.2 Å². The van der Waals surface area contributed by atoms with Gasteiger partial charge >= 0.3 is 5.97 Å². The molecule has 0 spiro atoms. The van der Waals surface area contributed by atoms with Crippen LogP contribution in [0.5, 0.6) is 11.5 Å². The Morgan fingerprint density at radius 2 is 2.10 bits per heavy atom. The van der Waals surface area contributed by atoms with Crippen molar-refractivity contribution in [2.75, 3.05) is 20.0 Å². The third kappa shape index (κ3) is 3.91. The predicted molar refractivity (Wildman–Crippen MR) is 79.2 cm³/mol. The van der Waals surface area contributed by atoms with Gasteiger partial charge in [0.15, 0.2) is 16.7 Å². The second-order valence-corrected chi connectivity index (χ2v) is 5.15. The molecule has 2 aromatic rings. The number of hydrogen-bond donors (Lipinski definition) is 1. The molecule has 0 atom stereocenters. The predicted octanol–water partition coefficient (Wildman–Crippen LogP) is 2.13. The molecule has 0 aliphatic heterocycles. The summed E-state index contributed by atoms with van der Waals surface area (Å²) in [4.78, 5) is 14.8. The maximum atomic E-state index is 10.6. The Kier molecular flexibility index (Phi) is 5.10. The van der Waals surface area contributed by atoms with Crippen LogP contribution >= 0.6 is 11.8 Å². The molecule has 7 heteroatoms. The number of hydrogen-bond acceptors (Lipinski definition) is 5. The van der Waals surface area contributed by atoms with E-state index in [2.05, 4.69) is 4.98 Å². The molecule has 1 aromatic carbocycles. The van der Waals surface area contributed by atoms with Crippen molar-refractivity contribution >= 4 is 17.7 Å². The normalized spacial score (nSPS) is 10.4. The van der Waals surface area contributed by atoms with Crippen LogP contribution < -0.4 is 9.47 Å². The van der Waals surface area contributed by atoms with Crippen LogP contribution in [0.15, 0.2) is 35.7 Å². The summed E-state index contributed by atoms with van der Waals surface area (Å²) in [6, 6.07) is 5.67. The van der Waals surface area contributed by atoms with Gasteiger partial charge in [0.25, 0.3) is 0 Å². The smallest absolute Gasteiger partial charge is 0.313 e. The van der Waals surface area contributed by atoms with Gasteiger partial charge in [-0.1, -0.05) is 17.8 Å². The number of thioether (sulfide) groups is 1. The Hall–Kier alpha value is -2.15. The molecule has 0 aliphatic carbocycles. The van der Waals surface area contributed by atoms with Gasteiger partial charge in [-0.2, -0.15) is 0 Å². The molecular weight excluding hydrogens is 292 g/mol. The Morgan fingerprint density at radius 1 is 1.33 bits per heavy atom. The van der Waals surface area contributed by atoms with Gasteiger partial charge in [-0.25, -0.2) is 4.98 Å². The van der Waals surface area contributed by atoms with Gasteiger partial charge in [-0.3, -0.25) is 4.79 Å². The molecule has 0 saturated heterocycles. The van der Waals surface area contributed by atoms with Gasteiger partial charge in [0.2, 0.25) is 0 Å². The highest BCUT2D eigenvalue weighted by atomic mass is 32.2. The highest BCUT2D eigenvalue weighted by Crippen LogP contribution is 2.28. The molecule has 112 valence electrons. The monoisotopic (exact) mass is 308 g/mol. The number of carbonyl (C=O) groups is 1. The molecule has 0 bridgehead atoms. The van der Waals surface area contributed by atoms with E-state index in [1.54, 1.807) is 20.4 Å². The molecule has 6 nitrogen and oxygen atoms in total. The summed E-state index contributed by atoms with van der Waals surface area (Å²) < 4.78 is 12.4. The largest absolute Gasteiger partial charge is 0.493 e. The van der Waals surface area contributed by atoms with E-state index in [0.717, 1.165) is 5.56 Å². The van der Waals surface area contributed by atoms with E-state index in [9.17, 15) is 4.79 Å². The minimum Gasteiger partial charge on any atom is -0.493 e. The SMILES string of the molecule is COc1ccc(Cn2ccnc2SCC(=O)O)cc1OC. The molecule has 1 N–H and O–H groups in total. The van der Waals surface area contributed by atoms with Crippen LogP contribution in [0.2, 0.25) is 0 Å². The number of carboxylic acid groups (broad SMARTS) is 1. The maximum Gasteiger partial charge on any atom is 0.313 e. The van der Waals surface area contributed by atoms with Crippen LogP contribution in [0.4, 0.5) is 0 Å². The molecule has 1 aromatic heterocycles. The fourth-order valence-corrected chi connectivity index (χ4v) is 2.54. The zero-order valence-electron chi connectivity index (χ0n) is 11.8. The van der Waals surface area contributed by atoms with E-state index in [4.69, 9.17) is 14.6 Å². The minimum absolute atomic E-state index is 0.0110. The molecule has 0 unspecified atom stereocenters. The standard InChI is InChI=1S/C14H16N2O4S/c1-19-11-4-3-10(7-12(11)20-2)8-16-6-5-15-14(16)21-9-13(17)18/h3-7H,8-9H2,1-2H3,(H,17,18). The molecule has 0 aliphatic rings. The number of nitrogens with zero attached hydrogens (tertiary/aromatic N) is 2.